The number of nitrogens with one attached hydrogen (secondary N) is 1. The van der Waals surface area contributed by atoms with Gasteiger partial charge in [-0.15, -0.1) is 11.8 Å². The minimum Gasteiger partial charge on any atom is -0.492 e. The van der Waals surface area contributed by atoms with Gasteiger partial charge in [-0.05, 0) is 56.4 Å². The molecule has 0 saturated carbocycles. The maximum absolute atomic E-state index is 13.6. The van der Waals surface area contributed by atoms with Crippen LogP contribution in [0.4, 0.5) is 4.79 Å². The molecule has 1 heterocycles. The van der Waals surface area contributed by atoms with Crippen LogP contribution in [-0.2, 0) is 28.6 Å². The van der Waals surface area contributed by atoms with E-state index in [0.29, 0.717) is 12.0 Å². The smallest absolute Gasteiger partial charge is 0.405 e. The number of amides is 2. The number of allylic oxidation sites excluding steroid dienone is 3. The molecule has 0 unspecified atom stereocenters. The number of nitrogens with two attached hydrogens (primary N) is 1. The molecule has 4 N–H and O–H groups in total. The van der Waals surface area contributed by atoms with Crippen LogP contribution in [0.1, 0.15) is 47.5 Å². The Hall–Kier alpha value is -3.33. The highest BCUT2D eigenvalue weighted by atomic mass is 32.2. The highest BCUT2D eigenvalue weighted by molar-refractivity contribution is 8.03. The Morgan fingerprint density at radius 3 is 2.37 bits per heavy atom. The minimum atomic E-state index is -1.01. The van der Waals surface area contributed by atoms with Gasteiger partial charge in [0, 0.05) is 24.2 Å². The fourth-order valence-electron chi connectivity index (χ4n) is 5.04. The van der Waals surface area contributed by atoms with E-state index >= 15 is 0 Å². The number of carbonyl (C=O) groups excluding carboxylic acids is 4. The minimum absolute atomic E-state index is 0.0422. The number of fused-ring (bicyclic) bond motifs is 2. The van der Waals surface area contributed by atoms with Gasteiger partial charge in [-0.1, -0.05) is 38.7 Å². The molecule has 0 spiro atoms. The van der Waals surface area contributed by atoms with Crippen molar-refractivity contribution in [3.05, 3.63) is 45.2 Å². The first-order valence-electron chi connectivity index (χ1n) is 13.3. The Balaban J connectivity index is 2.67. The summed E-state index contributed by atoms with van der Waals surface area (Å²) in [6.45, 7) is 8.90. The quantitative estimate of drug-likeness (QED) is 0.255. The van der Waals surface area contributed by atoms with E-state index in [1.807, 2.05) is 20.8 Å². The molecule has 2 rings (SSSR count). The molecule has 0 fully saturated rings. The molecule has 2 amide bonds. The zero-order chi connectivity index (χ0) is 31.0. The molecule has 41 heavy (non-hydrogen) atoms. The molecule has 0 saturated heterocycles. The predicted octanol–water partition coefficient (Wildman–Crippen LogP) is 3.17. The van der Waals surface area contributed by atoms with Crippen molar-refractivity contribution in [2.24, 2.45) is 23.5 Å². The molecule has 0 radical (unpaired) electrons. The average molecular weight is 589 g/mol. The van der Waals surface area contributed by atoms with Crippen LogP contribution >= 0.6 is 11.8 Å². The van der Waals surface area contributed by atoms with E-state index in [2.05, 4.69) is 17.2 Å². The van der Waals surface area contributed by atoms with Crippen LogP contribution in [0.25, 0.3) is 0 Å². The second kappa shape index (κ2) is 15.1. The molecule has 224 valence electrons. The van der Waals surface area contributed by atoms with Gasteiger partial charge in [0.25, 0.3) is 5.91 Å². The second-order valence-electron chi connectivity index (χ2n) is 10.4. The van der Waals surface area contributed by atoms with Crippen LogP contribution in [0.15, 0.2) is 45.2 Å². The molecule has 1 aliphatic heterocycles. The van der Waals surface area contributed by atoms with Crippen LogP contribution < -0.4 is 11.1 Å². The van der Waals surface area contributed by atoms with Crippen molar-refractivity contribution in [1.29, 1.82) is 0 Å². The number of hydrogen-bond donors (Lipinski definition) is 3. The number of aliphatic hydroxyl groups is 1. The summed E-state index contributed by atoms with van der Waals surface area (Å²) in [6, 6.07) is 0. The van der Waals surface area contributed by atoms with E-state index in [0.717, 1.165) is 11.8 Å². The molecule has 10 nitrogen and oxygen atoms in total. The van der Waals surface area contributed by atoms with Crippen LogP contribution in [0, 0.1) is 29.6 Å². The van der Waals surface area contributed by atoms with Crippen LogP contribution in [-0.4, -0.2) is 67.5 Å². The summed E-state index contributed by atoms with van der Waals surface area (Å²) in [5.74, 6) is 3.27. The first-order valence-corrected chi connectivity index (χ1v) is 14.5. The lowest BCUT2D eigenvalue weighted by molar-refractivity contribution is -0.121. The summed E-state index contributed by atoms with van der Waals surface area (Å²) >= 11 is 1.04. The van der Waals surface area contributed by atoms with Crippen molar-refractivity contribution in [3.8, 4) is 11.8 Å². The van der Waals surface area contributed by atoms with Crippen molar-refractivity contribution >= 4 is 35.3 Å². The first-order chi connectivity index (χ1) is 19.3. The largest absolute Gasteiger partial charge is 0.492 e. The third kappa shape index (κ3) is 8.35. The summed E-state index contributed by atoms with van der Waals surface area (Å²) in [6.07, 6.45) is 1.80. The van der Waals surface area contributed by atoms with E-state index < -0.39 is 41.9 Å². The summed E-state index contributed by atoms with van der Waals surface area (Å²) in [4.78, 5) is 51.7. The SMILES string of the molecule is COC1=C2C[C@@H](C)C[C@H](C)[C@H](O)[C@@H](C)/C=C(/C)[C@H](OC(N)=O)[C@@H](OC)C#C/C=C(\C)C(=O)NC(=C(SC)C1=O)C2=O. The van der Waals surface area contributed by atoms with Crippen molar-refractivity contribution in [2.75, 3.05) is 20.5 Å². The fourth-order valence-corrected chi connectivity index (χ4v) is 5.67. The number of hydrogen-bond acceptors (Lipinski definition) is 9. The van der Waals surface area contributed by atoms with Gasteiger partial charge in [0.1, 0.15) is 5.70 Å². The lowest BCUT2D eigenvalue weighted by Crippen LogP contribution is -2.35. The van der Waals surface area contributed by atoms with E-state index in [4.69, 9.17) is 19.9 Å². The molecule has 0 aromatic carbocycles. The van der Waals surface area contributed by atoms with Gasteiger partial charge in [-0.3, -0.25) is 14.4 Å². The Morgan fingerprint density at radius 1 is 1.15 bits per heavy atom. The molecule has 11 heteroatoms. The summed E-state index contributed by atoms with van der Waals surface area (Å²) in [5, 5.41) is 13.7. The Labute approximate surface area is 245 Å². The van der Waals surface area contributed by atoms with E-state index in [1.54, 1.807) is 19.3 Å². The van der Waals surface area contributed by atoms with Gasteiger partial charge < -0.3 is 30.4 Å². The maximum atomic E-state index is 13.6. The third-order valence-corrected chi connectivity index (χ3v) is 7.93. The van der Waals surface area contributed by atoms with Gasteiger partial charge in [0.15, 0.2) is 18.0 Å². The molecular weight excluding hydrogens is 548 g/mol. The van der Waals surface area contributed by atoms with Crippen LogP contribution in [0.5, 0.6) is 0 Å². The van der Waals surface area contributed by atoms with E-state index in [9.17, 15) is 24.3 Å². The zero-order valence-corrected chi connectivity index (χ0v) is 25.6. The highest BCUT2D eigenvalue weighted by Gasteiger charge is 2.37. The summed E-state index contributed by atoms with van der Waals surface area (Å²) < 4.78 is 16.2. The van der Waals surface area contributed by atoms with Crippen molar-refractivity contribution in [2.45, 2.75) is 65.8 Å². The van der Waals surface area contributed by atoms with Crippen LogP contribution in [0.3, 0.4) is 0 Å². The van der Waals surface area contributed by atoms with Gasteiger partial charge in [0.05, 0.1) is 18.1 Å². The first kappa shape index (κ1) is 33.9. The number of Topliss-reactive ketones (excluding diaryl/α,β-unsaturated/α-hetero) is 2. The molecule has 2 aliphatic rings. The van der Waals surface area contributed by atoms with Crippen molar-refractivity contribution < 1.29 is 38.5 Å². The van der Waals surface area contributed by atoms with Gasteiger partial charge in [-0.2, -0.15) is 0 Å². The Kier molecular flexibility index (Phi) is 12.4. The standard InChI is InChI=1S/C30H40N2O8S/c1-15-12-17(3)23(33)18(4)14-19(5)26(40-30(31)37)21(38-6)11-9-10-16(2)29(36)32-22-24(34)20(13-15)27(39-7)25(35)28(22)41-8/h10,14-15,17-18,21,23,26,33H,12-13H2,1-8H3,(H2,31,37)(H,32,36)/b16-10+,19-14-/t15-,17-,18-,21-,23-,26-/m0/s1. The number of aliphatic hydroxyl groups excluding tert-OH is 1. The monoisotopic (exact) mass is 588 g/mol. The fraction of sp³-hybridized carbons (Fsp3) is 0.533. The summed E-state index contributed by atoms with van der Waals surface area (Å²) in [5.41, 5.74) is 6.13. The zero-order valence-electron chi connectivity index (χ0n) is 24.8. The number of methoxy groups -OCH3 is 2. The molecule has 1 aliphatic carbocycles. The van der Waals surface area contributed by atoms with Crippen molar-refractivity contribution in [3.63, 3.8) is 0 Å². The molecule has 0 aromatic heterocycles. The third-order valence-electron chi connectivity index (χ3n) is 7.13. The Bertz CT molecular complexity index is 1250. The lowest BCUT2D eigenvalue weighted by atomic mass is 9.82. The number of thioether (sulfide) groups is 1. The van der Waals surface area contributed by atoms with Gasteiger partial charge in [-0.25, -0.2) is 4.79 Å². The van der Waals surface area contributed by atoms with Crippen molar-refractivity contribution in [1.82, 2.24) is 5.32 Å². The molecule has 6 atom stereocenters. The topological polar surface area (TPSA) is 154 Å². The number of carbonyl (C=O) groups is 4. The van der Waals surface area contributed by atoms with Crippen LogP contribution in [0.2, 0.25) is 0 Å². The number of rotatable bonds is 4. The van der Waals surface area contributed by atoms with Gasteiger partial charge in [0.2, 0.25) is 11.6 Å². The summed E-state index contributed by atoms with van der Waals surface area (Å²) in [7, 11) is 2.73. The maximum Gasteiger partial charge on any atom is 0.405 e. The number of ketones is 2. The lowest BCUT2D eigenvalue weighted by Gasteiger charge is -2.28. The molecule has 2 bridgehead atoms. The highest BCUT2D eigenvalue weighted by Crippen LogP contribution is 2.35. The number of primary amides is 1. The normalized spacial score (nSPS) is 31.3. The van der Waals surface area contributed by atoms with E-state index in [1.165, 1.54) is 27.2 Å². The van der Waals surface area contributed by atoms with E-state index in [-0.39, 0.29) is 51.7 Å². The van der Waals surface area contributed by atoms with Gasteiger partial charge >= 0.3 is 6.09 Å². The number of ether oxygens (including phenoxy) is 3. The predicted molar refractivity (Wildman–Crippen MR) is 156 cm³/mol. The average Bonchev–Trinajstić information content (AvgIpc) is 2.91. The molecular formula is C30H40N2O8S. The second-order valence-corrected chi connectivity index (χ2v) is 11.3. The molecule has 0 aromatic rings. The Morgan fingerprint density at radius 2 is 1.80 bits per heavy atom.